The molecular formula is C18H15ClFN3O2S. The quantitative estimate of drug-likeness (QED) is 0.658. The molecule has 0 radical (unpaired) electrons. The van der Waals surface area contributed by atoms with Crippen molar-refractivity contribution in [3.05, 3.63) is 68.7 Å². The van der Waals surface area contributed by atoms with Crippen molar-refractivity contribution in [1.29, 1.82) is 0 Å². The Morgan fingerprint density at radius 2 is 2.27 bits per heavy atom. The molecule has 8 heteroatoms. The molecule has 26 heavy (non-hydrogen) atoms. The Hall–Kier alpha value is -2.25. The van der Waals surface area contributed by atoms with E-state index in [0.29, 0.717) is 48.2 Å². The third kappa shape index (κ3) is 3.64. The zero-order valence-electron chi connectivity index (χ0n) is 13.7. The molecule has 1 aliphatic heterocycles. The highest BCUT2D eigenvalue weighted by atomic mass is 35.5. The number of hydrogen-bond donors (Lipinski definition) is 0. The van der Waals surface area contributed by atoms with Crippen molar-refractivity contribution in [3.8, 4) is 0 Å². The maximum atomic E-state index is 13.2. The molecule has 3 heterocycles. The number of benzene rings is 1. The molecule has 0 bridgehead atoms. The van der Waals surface area contributed by atoms with Crippen molar-refractivity contribution in [2.75, 3.05) is 6.54 Å². The minimum atomic E-state index is -0.394. The van der Waals surface area contributed by atoms with Gasteiger partial charge in [0, 0.05) is 35.3 Å². The Bertz CT molecular complexity index is 928. The summed E-state index contributed by atoms with van der Waals surface area (Å²) < 4.78 is 18.5. The fraction of sp³-hybridized carbons (Fsp3) is 0.278. The average Bonchev–Trinajstić information content (AvgIpc) is 3.33. The summed E-state index contributed by atoms with van der Waals surface area (Å²) in [5, 5.41) is 6.37. The van der Waals surface area contributed by atoms with E-state index < -0.39 is 5.82 Å². The molecule has 4 rings (SSSR count). The van der Waals surface area contributed by atoms with Crippen molar-refractivity contribution >= 4 is 28.8 Å². The number of hydrogen-bond acceptors (Lipinski definition) is 5. The van der Waals surface area contributed by atoms with Crippen LogP contribution in [0.15, 0.2) is 40.2 Å². The van der Waals surface area contributed by atoms with Crippen molar-refractivity contribution in [3.63, 3.8) is 0 Å². The Kier molecular flexibility index (Phi) is 4.74. The van der Waals surface area contributed by atoms with Gasteiger partial charge < -0.3 is 9.42 Å². The van der Waals surface area contributed by atoms with Crippen LogP contribution in [0.1, 0.15) is 34.5 Å². The maximum absolute atomic E-state index is 13.2. The lowest BCUT2D eigenvalue weighted by Gasteiger charge is -2.17. The lowest BCUT2D eigenvalue weighted by molar-refractivity contribution is -0.128. The number of halogens is 2. The summed E-state index contributed by atoms with van der Waals surface area (Å²) in [7, 11) is 0. The van der Waals surface area contributed by atoms with Gasteiger partial charge in [-0.3, -0.25) is 4.79 Å². The lowest BCUT2D eigenvalue weighted by Crippen LogP contribution is -2.24. The van der Waals surface area contributed by atoms with E-state index in [9.17, 15) is 9.18 Å². The van der Waals surface area contributed by atoms with Gasteiger partial charge >= 0.3 is 0 Å². The number of likely N-dealkylation sites (tertiary alicyclic amines) is 1. The Morgan fingerprint density at radius 1 is 1.38 bits per heavy atom. The summed E-state index contributed by atoms with van der Waals surface area (Å²) in [6.07, 6.45) is 0.928. The largest absolute Gasteiger partial charge is 0.339 e. The topological polar surface area (TPSA) is 59.2 Å². The zero-order valence-corrected chi connectivity index (χ0v) is 15.3. The van der Waals surface area contributed by atoms with Crippen LogP contribution in [0.5, 0.6) is 0 Å². The summed E-state index contributed by atoms with van der Waals surface area (Å²) >= 11 is 7.70. The first-order valence-corrected chi connectivity index (χ1v) is 9.41. The second-order valence-electron chi connectivity index (χ2n) is 6.21. The molecule has 1 saturated heterocycles. The van der Waals surface area contributed by atoms with Crippen LogP contribution in [-0.4, -0.2) is 27.5 Å². The first kappa shape index (κ1) is 17.2. The van der Waals surface area contributed by atoms with Crippen molar-refractivity contribution in [2.45, 2.75) is 25.3 Å². The van der Waals surface area contributed by atoms with Gasteiger partial charge in [0.05, 0.1) is 6.42 Å². The van der Waals surface area contributed by atoms with Gasteiger partial charge in [-0.2, -0.15) is 4.98 Å². The van der Waals surface area contributed by atoms with Gasteiger partial charge in [-0.05, 0) is 29.1 Å². The highest BCUT2D eigenvalue weighted by molar-refractivity contribution is 7.09. The van der Waals surface area contributed by atoms with Crippen LogP contribution >= 0.6 is 22.9 Å². The molecule has 1 amide bonds. The summed E-state index contributed by atoms with van der Waals surface area (Å²) in [6, 6.07) is 8.19. The van der Waals surface area contributed by atoms with Gasteiger partial charge in [-0.25, -0.2) is 4.39 Å². The van der Waals surface area contributed by atoms with E-state index in [2.05, 4.69) is 10.1 Å². The molecule has 0 aliphatic carbocycles. The monoisotopic (exact) mass is 391 g/mol. The normalized spacial score (nSPS) is 17.2. The van der Waals surface area contributed by atoms with Gasteiger partial charge in [0.2, 0.25) is 11.8 Å². The van der Waals surface area contributed by atoms with Crippen LogP contribution in [0, 0.1) is 5.82 Å². The van der Waals surface area contributed by atoms with Crippen LogP contribution in [0.2, 0.25) is 5.02 Å². The number of nitrogens with zero attached hydrogens (tertiary/aromatic N) is 3. The average molecular weight is 392 g/mol. The second kappa shape index (κ2) is 7.17. The summed E-state index contributed by atoms with van der Waals surface area (Å²) in [6.45, 7) is 0.832. The molecule has 1 unspecified atom stereocenters. The number of amides is 1. The second-order valence-corrected chi connectivity index (χ2v) is 7.65. The number of carbonyl (C=O) groups is 1. The lowest BCUT2D eigenvalue weighted by atomic mass is 10.1. The smallest absolute Gasteiger partial charge is 0.231 e. The fourth-order valence-electron chi connectivity index (χ4n) is 3.02. The fourth-order valence-corrected chi connectivity index (χ4v) is 3.94. The van der Waals surface area contributed by atoms with Crippen molar-refractivity contribution in [2.24, 2.45) is 0 Å². The van der Waals surface area contributed by atoms with Crippen LogP contribution < -0.4 is 0 Å². The first-order chi connectivity index (χ1) is 12.6. The third-order valence-corrected chi connectivity index (χ3v) is 5.57. The van der Waals surface area contributed by atoms with Crippen LogP contribution in [-0.2, 0) is 17.8 Å². The number of thiophene rings is 1. The molecule has 0 spiro atoms. The number of carbonyl (C=O) groups excluding carboxylic acids is 1. The van der Waals surface area contributed by atoms with E-state index in [1.165, 1.54) is 12.1 Å². The van der Waals surface area contributed by atoms with Gasteiger partial charge in [-0.1, -0.05) is 28.9 Å². The summed E-state index contributed by atoms with van der Waals surface area (Å²) in [5.41, 5.74) is 0.716. The van der Waals surface area contributed by atoms with Crippen LogP contribution in [0.4, 0.5) is 4.39 Å². The van der Waals surface area contributed by atoms with Gasteiger partial charge in [0.15, 0.2) is 5.82 Å². The van der Waals surface area contributed by atoms with E-state index in [-0.39, 0.29) is 11.8 Å². The van der Waals surface area contributed by atoms with Crippen LogP contribution in [0.3, 0.4) is 0 Å². The van der Waals surface area contributed by atoms with E-state index >= 15 is 0 Å². The molecule has 5 nitrogen and oxygen atoms in total. The van der Waals surface area contributed by atoms with E-state index in [1.54, 1.807) is 22.3 Å². The standard InChI is InChI=1S/C18H15ClFN3O2S/c19-15-7-13(20)4-3-11(15)9-23-10-12(6-17(23)24)18-21-16(25-22-18)8-14-2-1-5-26-14/h1-5,7,12H,6,8-10H2. The molecule has 1 atom stereocenters. The third-order valence-electron chi connectivity index (χ3n) is 4.35. The van der Waals surface area contributed by atoms with Gasteiger partial charge in [-0.15, -0.1) is 11.3 Å². The molecular weight excluding hydrogens is 377 g/mol. The molecule has 2 aromatic heterocycles. The van der Waals surface area contributed by atoms with Crippen molar-refractivity contribution < 1.29 is 13.7 Å². The van der Waals surface area contributed by atoms with Gasteiger partial charge in [0.25, 0.3) is 0 Å². The summed E-state index contributed by atoms with van der Waals surface area (Å²) in [4.78, 5) is 19.6. The predicted molar refractivity (Wildman–Crippen MR) is 95.6 cm³/mol. The zero-order chi connectivity index (χ0) is 18.1. The number of aromatic nitrogens is 2. The molecule has 0 saturated carbocycles. The highest BCUT2D eigenvalue weighted by Gasteiger charge is 2.34. The van der Waals surface area contributed by atoms with Gasteiger partial charge in [0.1, 0.15) is 5.82 Å². The molecule has 1 aromatic carbocycles. The highest BCUT2D eigenvalue weighted by Crippen LogP contribution is 2.29. The molecule has 134 valence electrons. The minimum Gasteiger partial charge on any atom is -0.339 e. The minimum absolute atomic E-state index is 0.00000142. The molecule has 1 fully saturated rings. The maximum Gasteiger partial charge on any atom is 0.231 e. The predicted octanol–water partition coefficient (Wildman–Crippen LogP) is 4.03. The Labute approximate surface area is 158 Å². The number of rotatable bonds is 5. The van der Waals surface area contributed by atoms with Crippen molar-refractivity contribution in [1.82, 2.24) is 15.0 Å². The first-order valence-electron chi connectivity index (χ1n) is 8.15. The molecule has 1 aliphatic rings. The molecule has 3 aromatic rings. The van der Waals surface area contributed by atoms with E-state index in [4.69, 9.17) is 16.1 Å². The Morgan fingerprint density at radius 3 is 3.04 bits per heavy atom. The van der Waals surface area contributed by atoms with E-state index in [0.717, 1.165) is 4.88 Å². The van der Waals surface area contributed by atoms with E-state index in [1.807, 2.05) is 17.5 Å². The Balaban J connectivity index is 1.43. The van der Waals surface area contributed by atoms with Crippen LogP contribution in [0.25, 0.3) is 0 Å². The molecule has 0 N–H and O–H groups in total. The SMILES string of the molecule is O=C1CC(c2noc(Cc3cccs3)n2)CN1Cc1ccc(F)cc1Cl. The summed E-state index contributed by atoms with van der Waals surface area (Å²) in [5.74, 6) is 0.601.